The molecule has 0 saturated carbocycles. The normalized spacial score (nSPS) is 18.7. The molecule has 0 radical (unpaired) electrons. The summed E-state index contributed by atoms with van der Waals surface area (Å²) < 4.78 is 10.6. The summed E-state index contributed by atoms with van der Waals surface area (Å²) in [6, 6.07) is 13.0. The van der Waals surface area contributed by atoms with Crippen molar-refractivity contribution < 1.29 is 19.1 Å². The molecule has 1 fully saturated rings. The summed E-state index contributed by atoms with van der Waals surface area (Å²) in [6.45, 7) is 10.2. The zero-order valence-electron chi connectivity index (χ0n) is 20.9. The van der Waals surface area contributed by atoms with Gasteiger partial charge < -0.3 is 25.0 Å². The average Bonchev–Trinajstić information content (AvgIpc) is 2.86. The third-order valence-electron chi connectivity index (χ3n) is 6.56. The predicted octanol–water partition coefficient (Wildman–Crippen LogP) is 3.31. The van der Waals surface area contributed by atoms with E-state index in [4.69, 9.17) is 9.47 Å². The molecule has 0 unspecified atom stereocenters. The molecule has 186 valence electrons. The number of esters is 1. The predicted molar refractivity (Wildman–Crippen MR) is 136 cm³/mol. The smallest absolute Gasteiger partial charge is 0.338 e. The second kappa shape index (κ2) is 10.8. The molecular weight excluding hydrogens is 444 g/mol. The number of rotatable bonds is 7. The van der Waals surface area contributed by atoms with Gasteiger partial charge in [-0.1, -0.05) is 24.3 Å². The number of ether oxygens (including phenoxy) is 2. The van der Waals surface area contributed by atoms with Gasteiger partial charge in [0.1, 0.15) is 5.75 Å². The third-order valence-corrected chi connectivity index (χ3v) is 6.56. The highest BCUT2D eigenvalue weighted by atomic mass is 16.5. The van der Waals surface area contributed by atoms with Crippen molar-refractivity contribution >= 4 is 17.7 Å². The summed E-state index contributed by atoms with van der Waals surface area (Å²) >= 11 is 0. The molecule has 2 amide bonds. The standard InChI is InChI=1S/C27H34N4O4/c1-5-35-26(32)24-22(28-27(33)29-25(24)20-8-10-21(34-4)11-9-20)17-30-12-14-31(15-13-30)23-16-18(2)6-7-19(23)3/h6-11,16,25H,5,12-15,17H2,1-4H3,(H2,28,29,33)/t25-/m1/s1. The Balaban J connectivity index is 1.56. The van der Waals surface area contributed by atoms with E-state index in [0.717, 1.165) is 31.7 Å². The number of urea groups is 1. The lowest BCUT2D eigenvalue weighted by atomic mass is 9.94. The molecule has 1 atom stereocenters. The molecule has 2 aliphatic heterocycles. The number of nitrogens with zero attached hydrogens (tertiary/aromatic N) is 2. The molecule has 35 heavy (non-hydrogen) atoms. The monoisotopic (exact) mass is 478 g/mol. The molecule has 2 aliphatic rings. The molecule has 0 spiro atoms. The van der Waals surface area contributed by atoms with Crippen molar-refractivity contribution in [2.24, 2.45) is 0 Å². The minimum absolute atomic E-state index is 0.257. The van der Waals surface area contributed by atoms with Crippen LogP contribution in [0.3, 0.4) is 0 Å². The van der Waals surface area contributed by atoms with Gasteiger partial charge in [0.05, 0.1) is 25.3 Å². The highest BCUT2D eigenvalue weighted by molar-refractivity contribution is 5.95. The first-order chi connectivity index (χ1) is 16.9. The highest BCUT2D eigenvalue weighted by Crippen LogP contribution is 2.30. The van der Waals surface area contributed by atoms with Gasteiger partial charge in [0.15, 0.2) is 0 Å². The van der Waals surface area contributed by atoms with Crippen molar-refractivity contribution in [1.29, 1.82) is 0 Å². The van der Waals surface area contributed by atoms with E-state index >= 15 is 0 Å². The van der Waals surface area contributed by atoms with Crippen LogP contribution in [0.1, 0.15) is 29.7 Å². The number of carbonyl (C=O) groups excluding carboxylic acids is 2. The van der Waals surface area contributed by atoms with E-state index in [2.05, 4.69) is 52.5 Å². The number of anilines is 1. The Morgan fingerprint density at radius 3 is 2.43 bits per heavy atom. The second-order valence-corrected chi connectivity index (χ2v) is 8.97. The van der Waals surface area contributed by atoms with E-state index in [9.17, 15) is 9.59 Å². The fourth-order valence-electron chi connectivity index (χ4n) is 4.67. The van der Waals surface area contributed by atoms with Crippen LogP contribution in [0.5, 0.6) is 5.75 Å². The van der Waals surface area contributed by atoms with Gasteiger partial charge in [-0.25, -0.2) is 9.59 Å². The summed E-state index contributed by atoms with van der Waals surface area (Å²) in [5.74, 6) is 0.280. The summed E-state index contributed by atoms with van der Waals surface area (Å²) in [5.41, 5.74) is 5.61. The van der Waals surface area contributed by atoms with Gasteiger partial charge >= 0.3 is 12.0 Å². The van der Waals surface area contributed by atoms with Crippen molar-refractivity contribution in [1.82, 2.24) is 15.5 Å². The van der Waals surface area contributed by atoms with Crippen molar-refractivity contribution in [2.45, 2.75) is 26.8 Å². The molecule has 4 rings (SSSR count). The Kier molecular flexibility index (Phi) is 7.60. The number of benzene rings is 2. The lowest BCUT2D eigenvalue weighted by Gasteiger charge is -2.38. The first-order valence-electron chi connectivity index (χ1n) is 12.1. The number of carbonyl (C=O) groups is 2. The Morgan fingerprint density at radius 1 is 1.06 bits per heavy atom. The van der Waals surface area contributed by atoms with Gasteiger partial charge in [-0.2, -0.15) is 0 Å². The van der Waals surface area contributed by atoms with Gasteiger partial charge in [0.2, 0.25) is 0 Å². The van der Waals surface area contributed by atoms with Crippen LogP contribution < -0.4 is 20.3 Å². The number of methoxy groups -OCH3 is 1. The van der Waals surface area contributed by atoms with Crippen molar-refractivity contribution in [3.63, 3.8) is 0 Å². The van der Waals surface area contributed by atoms with E-state index in [1.807, 2.05) is 24.3 Å². The first-order valence-corrected chi connectivity index (χ1v) is 12.1. The number of hydrogen-bond donors (Lipinski definition) is 2. The van der Waals surface area contributed by atoms with E-state index in [1.54, 1.807) is 14.0 Å². The number of piperazine rings is 1. The van der Waals surface area contributed by atoms with Gasteiger partial charge in [0, 0.05) is 44.1 Å². The largest absolute Gasteiger partial charge is 0.497 e. The minimum atomic E-state index is -0.597. The number of hydrogen-bond acceptors (Lipinski definition) is 6. The van der Waals surface area contributed by atoms with Crippen molar-refractivity contribution in [2.75, 3.05) is 51.3 Å². The Hall–Kier alpha value is -3.52. The number of amides is 2. The topological polar surface area (TPSA) is 83.1 Å². The SMILES string of the molecule is CCOC(=O)C1=C(CN2CCN(c3cc(C)ccc3C)CC2)NC(=O)N[C@@H]1c1ccc(OC)cc1. The lowest BCUT2D eigenvalue weighted by molar-refractivity contribution is -0.139. The second-order valence-electron chi connectivity index (χ2n) is 8.97. The van der Waals surface area contributed by atoms with Crippen molar-refractivity contribution in [3.05, 3.63) is 70.4 Å². The zero-order valence-corrected chi connectivity index (χ0v) is 20.9. The molecule has 2 N–H and O–H groups in total. The minimum Gasteiger partial charge on any atom is -0.497 e. The van der Waals surface area contributed by atoms with Crippen LogP contribution in [0.15, 0.2) is 53.7 Å². The molecule has 1 saturated heterocycles. The molecule has 2 aromatic rings. The van der Waals surface area contributed by atoms with E-state index < -0.39 is 12.0 Å². The highest BCUT2D eigenvalue weighted by Gasteiger charge is 2.34. The van der Waals surface area contributed by atoms with Crippen LogP contribution in [0.4, 0.5) is 10.5 Å². The molecule has 0 aromatic heterocycles. The Morgan fingerprint density at radius 2 is 1.77 bits per heavy atom. The molecular formula is C27H34N4O4. The van der Waals surface area contributed by atoms with Crippen LogP contribution in [-0.2, 0) is 9.53 Å². The Labute approximate surface area is 206 Å². The van der Waals surface area contributed by atoms with Crippen LogP contribution >= 0.6 is 0 Å². The van der Waals surface area contributed by atoms with Gasteiger partial charge in [-0.3, -0.25) is 4.90 Å². The van der Waals surface area contributed by atoms with Gasteiger partial charge in [-0.15, -0.1) is 0 Å². The van der Waals surface area contributed by atoms with Gasteiger partial charge in [-0.05, 0) is 55.7 Å². The first kappa shape index (κ1) is 24.6. The van der Waals surface area contributed by atoms with Gasteiger partial charge in [0.25, 0.3) is 0 Å². The van der Waals surface area contributed by atoms with E-state index in [-0.39, 0.29) is 12.6 Å². The van der Waals surface area contributed by atoms with E-state index in [1.165, 1.54) is 16.8 Å². The lowest BCUT2D eigenvalue weighted by Crippen LogP contribution is -2.52. The average molecular weight is 479 g/mol. The van der Waals surface area contributed by atoms with Crippen LogP contribution in [-0.4, -0.2) is 63.3 Å². The zero-order chi connectivity index (χ0) is 24.9. The molecule has 0 aliphatic carbocycles. The summed E-state index contributed by atoms with van der Waals surface area (Å²) in [7, 11) is 1.60. The molecule has 2 heterocycles. The summed E-state index contributed by atoms with van der Waals surface area (Å²) in [6.07, 6.45) is 0. The quantitative estimate of drug-likeness (QED) is 0.594. The van der Waals surface area contributed by atoms with Crippen molar-refractivity contribution in [3.8, 4) is 5.75 Å². The molecule has 8 nitrogen and oxygen atoms in total. The third kappa shape index (κ3) is 5.59. The molecule has 0 bridgehead atoms. The van der Waals surface area contributed by atoms with E-state index in [0.29, 0.717) is 23.6 Å². The fourth-order valence-corrected chi connectivity index (χ4v) is 4.67. The summed E-state index contributed by atoms with van der Waals surface area (Å²) in [4.78, 5) is 30.3. The maximum Gasteiger partial charge on any atom is 0.338 e. The summed E-state index contributed by atoms with van der Waals surface area (Å²) in [5, 5.41) is 5.77. The molecule has 2 aromatic carbocycles. The number of nitrogens with one attached hydrogen (secondary N) is 2. The fraction of sp³-hybridized carbons (Fsp3) is 0.407. The maximum atomic E-state index is 13.0. The maximum absolute atomic E-state index is 13.0. The molecule has 8 heteroatoms. The van der Waals surface area contributed by atoms with Crippen LogP contribution in [0, 0.1) is 13.8 Å². The Bertz CT molecular complexity index is 1100. The van der Waals surface area contributed by atoms with Crippen LogP contribution in [0.2, 0.25) is 0 Å². The van der Waals surface area contributed by atoms with Crippen LogP contribution in [0.25, 0.3) is 0 Å². The number of aryl methyl sites for hydroxylation is 2.